The third kappa shape index (κ3) is 3.02. The molecule has 1 aliphatic carbocycles. The zero-order valence-corrected chi connectivity index (χ0v) is 12.7. The minimum atomic E-state index is -0.00203. The number of aromatic amines is 1. The molecule has 110 valence electrons. The number of aryl methyl sites for hydroxylation is 2. The van der Waals surface area contributed by atoms with Gasteiger partial charge in [0.1, 0.15) is 5.69 Å². The van der Waals surface area contributed by atoms with E-state index in [-0.39, 0.29) is 5.91 Å². The number of hydrogen-bond acceptors (Lipinski definition) is 1. The quantitative estimate of drug-likeness (QED) is 0.825. The molecule has 0 radical (unpaired) electrons. The van der Waals surface area contributed by atoms with Crippen molar-refractivity contribution in [3.63, 3.8) is 0 Å². The van der Waals surface area contributed by atoms with Gasteiger partial charge in [0.05, 0.1) is 0 Å². The SMILES string of the molecule is Cc1cc(C)c2cc(C(=O)NCC3CC=CCC3)[nH]c2c1. The maximum absolute atomic E-state index is 12.3. The lowest BCUT2D eigenvalue weighted by Crippen LogP contribution is -2.29. The van der Waals surface area contributed by atoms with E-state index in [2.05, 4.69) is 48.4 Å². The highest BCUT2D eigenvalue weighted by atomic mass is 16.1. The Morgan fingerprint density at radius 2 is 2.14 bits per heavy atom. The Bertz CT molecular complexity index is 697. The third-order valence-corrected chi connectivity index (χ3v) is 4.26. The van der Waals surface area contributed by atoms with Crippen LogP contribution in [0.25, 0.3) is 10.9 Å². The molecule has 0 bridgehead atoms. The van der Waals surface area contributed by atoms with Crippen LogP contribution in [0.2, 0.25) is 0 Å². The Hall–Kier alpha value is -2.03. The molecule has 1 aromatic heterocycles. The zero-order chi connectivity index (χ0) is 14.8. The number of benzene rings is 1. The van der Waals surface area contributed by atoms with Crippen LogP contribution in [0.15, 0.2) is 30.4 Å². The Morgan fingerprint density at radius 1 is 1.29 bits per heavy atom. The minimum absolute atomic E-state index is 0.00203. The van der Waals surface area contributed by atoms with E-state index in [1.54, 1.807) is 0 Å². The summed E-state index contributed by atoms with van der Waals surface area (Å²) in [5, 5.41) is 4.19. The van der Waals surface area contributed by atoms with Crippen LogP contribution in [0.1, 0.15) is 40.9 Å². The molecule has 1 amide bonds. The number of rotatable bonds is 3. The molecule has 0 spiro atoms. The molecular weight excluding hydrogens is 260 g/mol. The van der Waals surface area contributed by atoms with Crippen LogP contribution in [-0.4, -0.2) is 17.4 Å². The lowest BCUT2D eigenvalue weighted by Gasteiger charge is -2.17. The highest BCUT2D eigenvalue weighted by Crippen LogP contribution is 2.22. The second kappa shape index (κ2) is 5.76. The smallest absolute Gasteiger partial charge is 0.267 e. The Kier molecular flexibility index (Phi) is 3.82. The fourth-order valence-corrected chi connectivity index (χ4v) is 3.10. The Balaban J connectivity index is 1.72. The van der Waals surface area contributed by atoms with E-state index in [9.17, 15) is 4.79 Å². The van der Waals surface area contributed by atoms with Gasteiger partial charge in [-0.25, -0.2) is 0 Å². The zero-order valence-electron chi connectivity index (χ0n) is 12.7. The van der Waals surface area contributed by atoms with Crippen molar-refractivity contribution in [3.05, 3.63) is 47.2 Å². The Morgan fingerprint density at radius 3 is 2.90 bits per heavy atom. The van der Waals surface area contributed by atoms with Crippen LogP contribution in [-0.2, 0) is 0 Å². The molecular formula is C18H22N2O. The van der Waals surface area contributed by atoms with Gasteiger partial charge in [0.25, 0.3) is 5.91 Å². The topological polar surface area (TPSA) is 44.9 Å². The molecule has 2 N–H and O–H groups in total. The third-order valence-electron chi connectivity index (χ3n) is 4.26. The van der Waals surface area contributed by atoms with E-state index >= 15 is 0 Å². The first kappa shape index (κ1) is 13.9. The molecule has 1 aromatic carbocycles. The fraction of sp³-hybridized carbons (Fsp3) is 0.389. The molecule has 1 unspecified atom stereocenters. The predicted molar refractivity (Wildman–Crippen MR) is 86.6 cm³/mol. The number of fused-ring (bicyclic) bond motifs is 1. The van der Waals surface area contributed by atoms with E-state index in [4.69, 9.17) is 0 Å². The first-order valence-electron chi connectivity index (χ1n) is 7.66. The van der Waals surface area contributed by atoms with Crippen molar-refractivity contribution < 1.29 is 4.79 Å². The molecule has 3 rings (SSSR count). The molecule has 3 heteroatoms. The fourth-order valence-electron chi connectivity index (χ4n) is 3.10. The second-order valence-corrected chi connectivity index (χ2v) is 6.09. The summed E-state index contributed by atoms with van der Waals surface area (Å²) in [5.74, 6) is 0.574. The van der Waals surface area contributed by atoms with E-state index in [0.29, 0.717) is 11.6 Å². The molecule has 0 aliphatic heterocycles. The van der Waals surface area contributed by atoms with Gasteiger partial charge in [0.15, 0.2) is 0 Å². The van der Waals surface area contributed by atoms with Crippen LogP contribution in [0.4, 0.5) is 0 Å². The number of carbonyl (C=O) groups is 1. The molecule has 1 aliphatic rings. The van der Waals surface area contributed by atoms with Crippen molar-refractivity contribution in [2.75, 3.05) is 6.54 Å². The summed E-state index contributed by atoms with van der Waals surface area (Å²) in [6.45, 7) is 4.92. The van der Waals surface area contributed by atoms with Gasteiger partial charge in [-0.15, -0.1) is 0 Å². The van der Waals surface area contributed by atoms with E-state index in [1.807, 2.05) is 6.07 Å². The van der Waals surface area contributed by atoms with E-state index in [0.717, 1.165) is 30.3 Å². The summed E-state index contributed by atoms with van der Waals surface area (Å²) in [4.78, 5) is 15.5. The van der Waals surface area contributed by atoms with Crippen LogP contribution in [0.5, 0.6) is 0 Å². The Labute approximate surface area is 125 Å². The number of nitrogens with one attached hydrogen (secondary N) is 2. The van der Waals surface area contributed by atoms with Crippen molar-refractivity contribution >= 4 is 16.8 Å². The number of allylic oxidation sites excluding steroid dienone is 2. The van der Waals surface area contributed by atoms with Crippen LogP contribution in [0, 0.1) is 19.8 Å². The van der Waals surface area contributed by atoms with Gasteiger partial charge in [0, 0.05) is 17.4 Å². The monoisotopic (exact) mass is 282 g/mol. The second-order valence-electron chi connectivity index (χ2n) is 6.09. The summed E-state index contributed by atoms with van der Waals surface area (Å²) in [5.41, 5.74) is 4.11. The predicted octanol–water partition coefficient (Wildman–Crippen LogP) is 3.87. The van der Waals surface area contributed by atoms with E-state index < -0.39 is 0 Å². The number of amides is 1. The first-order valence-corrected chi connectivity index (χ1v) is 7.66. The molecule has 2 aromatic rings. The lowest BCUT2D eigenvalue weighted by molar-refractivity contribution is 0.0942. The van der Waals surface area contributed by atoms with Gasteiger partial charge in [0.2, 0.25) is 0 Å². The normalized spacial score (nSPS) is 18.1. The molecule has 0 fully saturated rings. The van der Waals surface area contributed by atoms with Gasteiger partial charge in [-0.3, -0.25) is 4.79 Å². The summed E-state index contributed by atoms with van der Waals surface area (Å²) in [7, 11) is 0. The van der Waals surface area contributed by atoms with Gasteiger partial charge in [-0.1, -0.05) is 18.2 Å². The molecule has 1 atom stereocenters. The van der Waals surface area contributed by atoms with Crippen molar-refractivity contribution in [1.29, 1.82) is 0 Å². The molecule has 3 nitrogen and oxygen atoms in total. The van der Waals surface area contributed by atoms with Gasteiger partial charge in [-0.2, -0.15) is 0 Å². The maximum Gasteiger partial charge on any atom is 0.267 e. The standard InChI is InChI=1S/C18H22N2O/c1-12-8-13(2)15-10-17(20-16(15)9-12)18(21)19-11-14-6-4-3-5-7-14/h3-4,8-10,14,20H,5-7,11H2,1-2H3,(H,19,21). The highest BCUT2D eigenvalue weighted by molar-refractivity contribution is 5.98. The van der Waals surface area contributed by atoms with Gasteiger partial charge >= 0.3 is 0 Å². The van der Waals surface area contributed by atoms with Crippen LogP contribution in [0.3, 0.4) is 0 Å². The number of aromatic nitrogens is 1. The number of H-pyrrole nitrogens is 1. The van der Waals surface area contributed by atoms with Crippen molar-refractivity contribution in [2.45, 2.75) is 33.1 Å². The molecule has 0 saturated carbocycles. The van der Waals surface area contributed by atoms with Gasteiger partial charge < -0.3 is 10.3 Å². The molecule has 1 heterocycles. The summed E-state index contributed by atoms with van der Waals surface area (Å²) in [6, 6.07) is 6.19. The molecule has 21 heavy (non-hydrogen) atoms. The van der Waals surface area contributed by atoms with Crippen LogP contribution < -0.4 is 5.32 Å². The number of carbonyl (C=O) groups excluding carboxylic acids is 1. The van der Waals surface area contributed by atoms with Crippen molar-refractivity contribution in [2.24, 2.45) is 5.92 Å². The molecule has 0 saturated heterocycles. The largest absolute Gasteiger partial charge is 0.351 e. The number of hydrogen-bond donors (Lipinski definition) is 2. The van der Waals surface area contributed by atoms with Crippen molar-refractivity contribution in [3.8, 4) is 0 Å². The highest BCUT2D eigenvalue weighted by Gasteiger charge is 2.14. The van der Waals surface area contributed by atoms with Crippen LogP contribution >= 0.6 is 0 Å². The minimum Gasteiger partial charge on any atom is -0.351 e. The van der Waals surface area contributed by atoms with Gasteiger partial charge in [-0.05, 0) is 62.3 Å². The summed E-state index contributed by atoms with van der Waals surface area (Å²) < 4.78 is 0. The maximum atomic E-state index is 12.3. The lowest BCUT2D eigenvalue weighted by atomic mass is 9.94. The van der Waals surface area contributed by atoms with Crippen molar-refractivity contribution in [1.82, 2.24) is 10.3 Å². The average Bonchev–Trinajstić information content (AvgIpc) is 2.90. The average molecular weight is 282 g/mol. The first-order chi connectivity index (χ1) is 10.1. The summed E-state index contributed by atoms with van der Waals surface area (Å²) >= 11 is 0. The summed E-state index contributed by atoms with van der Waals surface area (Å²) in [6.07, 6.45) is 7.81. The van der Waals surface area contributed by atoms with E-state index in [1.165, 1.54) is 17.5 Å².